The summed E-state index contributed by atoms with van der Waals surface area (Å²) in [7, 11) is 0. The molecule has 2 aliphatic heterocycles. The minimum absolute atomic E-state index is 0.0795. The molecule has 4 N–H and O–H groups in total. The highest BCUT2D eigenvalue weighted by molar-refractivity contribution is 6.00. The lowest BCUT2D eigenvalue weighted by Gasteiger charge is -2.43. The summed E-state index contributed by atoms with van der Waals surface area (Å²) in [4.78, 5) is 35.8. The van der Waals surface area contributed by atoms with E-state index in [-0.39, 0.29) is 42.5 Å². The van der Waals surface area contributed by atoms with Gasteiger partial charge in [0.15, 0.2) is 5.82 Å². The topological polar surface area (TPSA) is 125 Å². The van der Waals surface area contributed by atoms with Crippen LogP contribution in [0.3, 0.4) is 0 Å². The fraction of sp³-hybridized carbons (Fsp3) is 0.385. The Kier molecular flexibility index (Phi) is 5.39. The molecule has 2 amide bonds. The van der Waals surface area contributed by atoms with Gasteiger partial charge >= 0.3 is 6.09 Å². The highest BCUT2D eigenvalue weighted by Gasteiger charge is 2.49. The van der Waals surface area contributed by atoms with Crippen molar-refractivity contribution in [3.8, 4) is 11.1 Å². The van der Waals surface area contributed by atoms with Gasteiger partial charge in [-0.1, -0.05) is 0 Å². The van der Waals surface area contributed by atoms with Crippen molar-refractivity contribution in [1.82, 2.24) is 14.9 Å². The van der Waals surface area contributed by atoms with Gasteiger partial charge in [-0.2, -0.15) is 0 Å². The fourth-order valence-corrected chi connectivity index (χ4v) is 5.33. The minimum Gasteiger partial charge on any atom is -0.465 e. The number of nitrogens with two attached hydrogens (primary N) is 1. The lowest BCUT2D eigenvalue weighted by molar-refractivity contribution is -0.137. The number of aromatic nitrogens is 2. The van der Waals surface area contributed by atoms with Crippen LogP contribution in [0, 0.1) is 18.7 Å². The number of anilines is 3. The maximum atomic E-state index is 15.5. The molecule has 0 bridgehead atoms. The second-order valence-electron chi connectivity index (χ2n) is 9.97. The maximum Gasteiger partial charge on any atom is 0.413 e. The summed E-state index contributed by atoms with van der Waals surface area (Å²) in [5.41, 5.74) is 9.69. The maximum absolute atomic E-state index is 15.5. The molecule has 2 aromatic heterocycles. The third kappa shape index (κ3) is 3.80. The summed E-state index contributed by atoms with van der Waals surface area (Å²) in [5.74, 6) is -1.33. The van der Waals surface area contributed by atoms with Gasteiger partial charge in [0.2, 0.25) is 5.91 Å². The van der Waals surface area contributed by atoms with Gasteiger partial charge in [0, 0.05) is 48.5 Å². The molecule has 192 valence electrons. The van der Waals surface area contributed by atoms with Crippen LogP contribution in [0.25, 0.3) is 21.9 Å². The van der Waals surface area contributed by atoms with Crippen LogP contribution in [0.1, 0.15) is 24.1 Å². The van der Waals surface area contributed by atoms with E-state index in [2.05, 4.69) is 15.3 Å². The number of pyridine rings is 2. The number of aryl methyl sites for hydroxylation is 1. The zero-order valence-electron chi connectivity index (χ0n) is 20.2. The van der Waals surface area contributed by atoms with E-state index in [1.807, 2.05) is 6.92 Å². The molecule has 1 aliphatic carbocycles. The Morgan fingerprint density at radius 1 is 1.22 bits per heavy atom. The number of rotatable bonds is 4. The molecule has 1 saturated carbocycles. The average molecular weight is 509 g/mol. The number of likely N-dealkylation sites (tertiary alicyclic amines) is 1. The number of alkyl halides is 1. The van der Waals surface area contributed by atoms with E-state index in [0.29, 0.717) is 16.3 Å². The number of hydrogen-bond acceptors (Lipinski definition) is 6. The predicted octanol–water partition coefficient (Wildman–Crippen LogP) is 3.74. The molecule has 2 fully saturated rings. The number of carbonyl (C=O) groups excluding carboxylic acids is 1. The summed E-state index contributed by atoms with van der Waals surface area (Å²) in [6.45, 7) is 3.06. The lowest BCUT2D eigenvalue weighted by Crippen LogP contribution is -2.63. The largest absolute Gasteiger partial charge is 0.465 e. The van der Waals surface area contributed by atoms with Crippen molar-refractivity contribution < 1.29 is 23.5 Å². The Morgan fingerprint density at radius 2 is 1.97 bits per heavy atom. The first-order valence-electron chi connectivity index (χ1n) is 12.3. The zero-order chi connectivity index (χ0) is 26.0. The van der Waals surface area contributed by atoms with Crippen molar-refractivity contribution in [2.45, 2.75) is 38.4 Å². The molecule has 3 aromatic rings. The Labute approximate surface area is 211 Å². The molecule has 11 heteroatoms. The molecule has 3 aliphatic rings. The molecule has 4 heterocycles. The SMILES string of the molecule is Cc1c(-c2cc3cc(N(C(=O)O)C4CN(C(=O)[C@H]5C[C@H]5F)C4)ncc3c(N)c2F)cnc2c1NCCC2. The number of nitrogen functional groups attached to an aromatic ring is 1. The van der Waals surface area contributed by atoms with Gasteiger partial charge in [-0.3, -0.25) is 14.7 Å². The van der Waals surface area contributed by atoms with Gasteiger partial charge in [0.1, 0.15) is 12.0 Å². The molecule has 6 rings (SSSR count). The molecule has 9 nitrogen and oxygen atoms in total. The number of nitrogens with one attached hydrogen (secondary N) is 1. The van der Waals surface area contributed by atoms with E-state index in [4.69, 9.17) is 5.73 Å². The van der Waals surface area contributed by atoms with Crippen molar-refractivity contribution in [3.05, 3.63) is 41.6 Å². The number of fused-ring (bicyclic) bond motifs is 2. The molecule has 37 heavy (non-hydrogen) atoms. The summed E-state index contributed by atoms with van der Waals surface area (Å²) in [6.07, 6.45) is 2.75. The molecule has 1 aromatic carbocycles. The van der Waals surface area contributed by atoms with E-state index >= 15 is 4.39 Å². The number of halogens is 2. The fourth-order valence-electron chi connectivity index (χ4n) is 5.33. The summed E-state index contributed by atoms with van der Waals surface area (Å²) in [6, 6.07) is 2.68. The second kappa shape index (κ2) is 8.53. The molecule has 2 atom stereocenters. The predicted molar refractivity (Wildman–Crippen MR) is 135 cm³/mol. The van der Waals surface area contributed by atoms with Gasteiger partial charge in [0.25, 0.3) is 0 Å². The third-order valence-corrected chi connectivity index (χ3v) is 7.61. The van der Waals surface area contributed by atoms with Crippen molar-refractivity contribution >= 4 is 40.0 Å². The van der Waals surface area contributed by atoms with Crippen LogP contribution in [0.2, 0.25) is 0 Å². The smallest absolute Gasteiger partial charge is 0.413 e. The number of benzene rings is 1. The Bertz CT molecular complexity index is 1460. The summed E-state index contributed by atoms with van der Waals surface area (Å²) >= 11 is 0. The van der Waals surface area contributed by atoms with Crippen molar-refractivity contribution in [2.75, 3.05) is 35.6 Å². The van der Waals surface area contributed by atoms with Crippen LogP contribution >= 0.6 is 0 Å². The third-order valence-electron chi connectivity index (χ3n) is 7.61. The van der Waals surface area contributed by atoms with Crippen molar-refractivity contribution in [1.29, 1.82) is 0 Å². The number of hydrogen-bond donors (Lipinski definition) is 3. The van der Waals surface area contributed by atoms with Crippen molar-refractivity contribution in [3.63, 3.8) is 0 Å². The number of amides is 2. The normalized spacial score (nSPS) is 20.7. The Morgan fingerprint density at radius 3 is 2.68 bits per heavy atom. The van der Waals surface area contributed by atoms with Gasteiger partial charge in [0.05, 0.1) is 29.0 Å². The van der Waals surface area contributed by atoms with E-state index in [1.54, 1.807) is 18.3 Å². The zero-order valence-corrected chi connectivity index (χ0v) is 20.2. The van der Waals surface area contributed by atoms with Crippen LogP contribution in [-0.4, -0.2) is 63.8 Å². The first kappa shape index (κ1) is 23.4. The number of carboxylic acid groups (broad SMARTS) is 1. The van der Waals surface area contributed by atoms with E-state index < -0.39 is 30.0 Å². The summed E-state index contributed by atoms with van der Waals surface area (Å²) < 4.78 is 28.7. The molecular weight excluding hydrogens is 482 g/mol. The lowest BCUT2D eigenvalue weighted by atomic mass is 9.95. The molecular formula is C26H26F2N6O3. The molecule has 0 spiro atoms. The highest BCUT2D eigenvalue weighted by atomic mass is 19.1. The first-order valence-corrected chi connectivity index (χ1v) is 12.3. The number of nitrogens with zero attached hydrogens (tertiary/aromatic N) is 4. The first-order chi connectivity index (χ1) is 17.7. The van der Waals surface area contributed by atoms with Crippen LogP contribution in [-0.2, 0) is 11.2 Å². The average Bonchev–Trinajstić information content (AvgIpc) is 3.59. The van der Waals surface area contributed by atoms with E-state index in [9.17, 15) is 19.1 Å². The molecule has 0 unspecified atom stereocenters. The Hall–Kier alpha value is -4.02. The quantitative estimate of drug-likeness (QED) is 0.459. The summed E-state index contributed by atoms with van der Waals surface area (Å²) in [5, 5.41) is 14.2. The van der Waals surface area contributed by atoms with Gasteiger partial charge in [-0.05, 0) is 49.3 Å². The van der Waals surface area contributed by atoms with Gasteiger partial charge in [-0.25, -0.2) is 18.6 Å². The monoisotopic (exact) mass is 508 g/mol. The van der Waals surface area contributed by atoms with Crippen LogP contribution < -0.4 is 16.0 Å². The van der Waals surface area contributed by atoms with E-state index in [1.165, 1.54) is 11.1 Å². The molecule has 1 saturated heterocycles. The minimum atomic E-state index is -1.23. The number of carbonyl (C=O) groups is 2. The highest BCUT2D eigenvalue weighted by Crippen LogP contribution is 2.40. The Balaban J connectivity index is 1.35. The van der Waals surface area contributed by atoms with Crippen LogP contribution in [0.5, 0.6) is 0 Å². The van der Waals surface area contributed by atoms with Gasteiger partial charge in [-0.15, -0.1) is 0 Å². The second-order valence-corrected chi connectivity index (χ2v) is 9.97. The van der Waals surface area contributed by atoms with Crippen LogP contribution in [0.15, 0.2) is 24.5 Å². The standard InChI is InChI=1S/C26H26F2N6O3/c1-12-17(8-31-20-3-2-4-30-24(12)20)15-5-13-6-21(32-9-18(13)23(29)22(15)28)34(26(36)37)14-10-33(11-14)25(35)16-7-19(16)27/h5-6,8-9,14,16,19,30H,2-4,7,10-11,29H2,1H3,(H,36,37)/t16-,19+/m0/s1. The van der Waals surface area contributed by atoms with Crippen LogP contribution in [0.4, 0.5) is 30.8 Å². The molecule has 0 radical (unpaired) electrons. The van der Waals surface area contributed by atoms with E-state index in [0.717, 1.165) is 41.2 Å². The van der Waals surface area contributed by atoms with Gasteiger partial charge < -0.3 is 21.1 Å². The van der Waals surface area contributed by atoms with Crippen molar-refractivity contribution in [2.24, 2.45) is 5.92 Å².